The molecule has 1 N–H and O–H groups in total. The summed E-state index contributed by atoms with van der Waals surface area (Å²) in [5.74, 6) is -0.475. The van der Waals surface area contributed by atoms with Gasteiger partial charge in [-0.25, -0.2) is 9.18 Å². The number of carbonyl (C=O) groups excluding carboxylic acids is 1. The van der Waals surface area contributed by atoms with Crippen LogP contribution in [0.15, 0.2) is 18.2 Å². The molecule has 0 saturated heterocycles. The molecule has 2 rings (SSSR count). The maximum absolute atomic E-state index is 13.0. The Bertz CT molecular complexity index is 435. The van der Waals surface area contributed by atoms with E-state index in [1.807, 2.05) is 0 Å². The Morgan fingerprint density at radius 3 is 2.82 bits per heavy atom. The zero-order valence-electron chi connectivity index (χ0n) is 9.37. The van der Waals surface area contributed by atoms with Gasteiger partial charge < -0.3 is 10.1 Å². The largest absolute Gasteiger partial charge is 0.467 e. The Labute approximate surface area is 104 Å². The van der Waals surface area contributed by atoms with E-state index in [4.69, 9.17) is 16.3 Å². The number of methoxy groups -OCH3 is 1. The van der Waals surface area contributed by atoms with Gasteiger partial charge in [0.05, 0.1) is 12.1 Å². The first-order valence-corrected chi connectivity index (χ1v) is 5.79. The number of nitrogens with one attached hydrogen (secondary N) is 1. The lowest BCUT2D eigenvalue weighted by atomic mass is 10.1. The van der Waals surface area contributed by atoms with E-state index < -0.39 is 5.82 Å². The Hall–Kier alpha value is -1.29. The minimum Gasteiger partial charge on any atom is -0.467 e. The lowest BCUT2D eigenvalue weighted by Crippen LogP contribution is -2.32. The van der Waals surface area contributed by atoms with Crippen LogP contribution in [0.5, 0.6) is 0 Å². The van der Waals surface area contributed by atoms with Gasteiger partial charge in [-0.2, -0.15) is 0 Å². The number of esters is 1. The van der Waals surface area contributed by atoms with E-state index in [1.54, 1.807) is 6.07 Å². The van der Waals surface area contributed by atoms with Gasteiger partial charge in [0.1, 0.15) is 11.9 Å². The van der Waals surface area contributed by atoms with Crippen LogP contribution in [0, 0.1) is 11.7 Å². The van der Waals surface area contributed by atoms with E-state index in [1.165, 1.54) is 19.2 Å². The van der Waals surface area contributed by atoms with Crippen molar-refractivity contribution in [2.75, 3.05) is 12.4 Å². The van der Waals surface area contributed by atoms with Crippen molar-refractivity contribution >= 4 is 23.3 Å². The quantitative estimate of drug-likeness (QED) is 0.843. The molecule has 0 spiro atoms. The Morgan fingerprint density at radius 2 is 2.29 bits per heavy atom. The summed E-state index contributed by atoms with van der Waals surface area (Å²) in [5, 5.41) is 3.07. The molecule has 0 aromatic heterocycles. The number of hydrogen-bond acceptors (Lipinski definition) is 3. The molecular weight excluding hydrogens is 245 g/mol. The Balaban J connectivity index is 2.11. The van der Waals surface area contributed by atoms with Gasteiger partial charge in [0.2, 0.25) is 0 Å². The summed E-state index contributed by atoms with van der Waals surface area (Å²) in [6.45, 7) is 0. The van der Waals surface area contributed by atoms with Gasteiger partial charge in [-0.3, -0.25) is 0 Å². The van der Waals surface area contributed by atoms with Crippen LogP contribution in [-0.2, 0) is 9.53 Å². The van der Waals surface area contributed by atoms with E-state index >= 15 is 0 Å². The maximum atomic E-state index is 13.0. The third-order valence-electron chi connectivity index (χ3n) is 2.79. The molecule has 1 fully saturated rings. The van der Waals surface area contributed by atoms with Crippen molar-refractivity contribution in [3.63, 3.8) is 0 Å². The average Bonchev–Trinajstić information content (AvgIpc) is 3.13. The van der Waals surface area contributed by atoms with Crippen molar-refractivity contribution in [2.45, 2.75) is 18.9 Å². The molecule has 3 nitrogen and oxygen atoms in total. The van der Waals surface area contributed by atoms with Crippen LogP contribution in [0.4, 0.5) is 10.1 Å². The first kappa shape index (κ1) is 12.2. The van der Waals surface area contributed by atoms with Gasteiger partial charge >= 0.3 is 5.97 Å². The molecule has 0 heterocycles. The summed E-state index contributed by atoms with van der Waals surface area (Å²) in [7, 11) is 1.36. The smallest absolute Gasteiger partial charge is 0.328 e. The van der Waals surface area contributed by atoms with E-state index in [0.717, 1.165) is 12.8 Å². The number of halogens is 2. The van der Waals surface area contributed by atoms with Crippen LogP contribution in [0.1, 0.15) is 12.8 Å². The van der Waals surface area contributed by atoms with E-state index in [9.17, 15) is 9.18 Å². The van der Waals surface area contributed by atoms with E-state index in [2.05, 4.69) is 5.32 Å². The average molecular weight is 258 g/mol. The SMILES string of the molecule is COC(=O)C(Nc1ccc(F)c(Cl)c1)C1CC1. The maximum Gasteiger partial charge on any atom is 0.328 e. The van der Waals surface area contributed by atoms with Crippen LogP contribution >= 0.6 is 11.6 Å². The molecule has 17 heavy (non-hydrogen) atoms. The normalized spacial score (nSPS) is 16.4. The number of anilines is 1. The van der Waals surface area contributed by atoms with Crippen molar-refractivity contribution in [3.05, 3.63) is 29.0 Å². The molecule has 0 bridgehead atoms. The van der Waals surface area contributed by atoms with Gasteiger partial charge in [0.25, 0.3) is 0 Å². The van der Waals surface area contributed by atoms with Crippen LogP contribution in [-0.4, -0.2) is 19.1 Å². The highest BCUT2D eigenvalue weighted by Crippen LogP contribution is 2.35. The summed E-state index contributed by atoms with van der Waals surface area (Å²) in [6.07, 6.45) is 2.00. The molecule has 92 valence electrons. The number of carbonyl (C=O) groups is 1. The molecule has 1 aromatic carbocycles. The number of ether oxygens (including phenoxy) is 1. The van der Waals surface area contributed by atoms with Gasteiger partial charge in [-0.05, 0) is 37.0 Å². The zero-order valence-corrected chi connectivity index (χ0v) is 10.1. The summed E-state index contributed by atoms with van der Waals surface area (Å²) < 4.78 is 17.7. The molecule has 1 aromatic rings. The molecule has 1 saturated carbocycles. The van der Waals surface area contributed by atoms with Gasteiger partial charge in [0.15, 0.2) is 0 Å². The highest BCUT2D eigenvalue weighted by atomic mass is 35.5. The standard InChI is InChI=1S/C12H13ClFNO2/c1-17-12(16)11(7-2-3-7)15-8-4-5-10(14)9(13)6-8/h4-7,11,15H,2-3H2,1H3. The third kappa shape index (κ3) is 2.88. The second-order valence-corrected chi connectivity index (χ2v) is 4.52. The number of hydrogen-bond donors (Lipinski definition) is 1. The van der Waals surface area contributed by atoms with Gasteiger partial charge in [-0.1, -0.05) is 11.6 Å². The zero-order chi connectivity index (χ0) is 12.4. The topological polar surface area (TPSA) is 38.3 Å². The highest BCUT2D eigenvalue weighted by Gasteiger charge is 2.37. The van der Waals surface area contributed by atoms with E-state index in [-0.39, 0.29) is 17.0 Å². The Kier molecular flexibility index (Phi) is 3.52. The Morgan fingerprint density at radius 1 is 1.59 bits per heavy atom. The van der Waals surface area contributed by atoms with Crippen molar-refractivity contribution < 1.29 is 13.9 Å². The summed E-state index contributed by atoms with van der Waals surface area (Å²) in [6, 6.07) is 3.92. The summed E-state index contributed by atoms with van der Waals surface area (Å²) in [4.78, 5) is 11.6. The minimum absolute atomic E-state index is 0.0365. The van der Waals surface area contributed by atoms with Gasteiger partial charge in [-0.15, -0.1) is 0 Å². The first-order valence-electron chi connectivity index (χ1n) is 5.41. The monoisotopic (exact) mass is 257 g/mol. The van der Waals surface area contributed by atoms with Crippen LogP contribution in [0.3, 0.4) is 0 Å². The summed E-state index contributed by atoms with van der Waals surface area (Å²) >= 11 is 5.67. The predicted molar refractivity (Wildman–Crippen MR) is 63.6 cm³/mol. The fourth-order valence-electron chi connectivity index (χ4n) is 1.69. The third-order valence-corrected chi connectivity index (χ3v) is 3.08. The lowest BCUT2D eigenvalue weighted by Gasteiger charge is -2.17. The fraction of sp³-hybridized carbons (Fsp3) is 0.417. The molecule has 0 radical (unpaired) electrons. The van der Waals surface area contributed by atoms with Crippen molar-refractivity contribution in [2.24, 2.45) is 5.92 Å². The van der Waals surface area contributed by atoms with Crippen molar-refractivity contribution in [1.29, 1.82) is 0 Å². The molecule has 1 aliphatic rings. The molecule has 5 heteroatoms. The number of benzene rings is 1. The first-order chi connectivity index (χ1) is 8.11. The predicted octanol–water partition coefficient (Wildman–Crippen LogP) is 2.84. The molecule has 0 amide bonds. The lowest BCUT2D eigenvalue weighted by molar-refractivity contribution is -0.142. The second-order valence-electron chi connectivity index (χ2n) is 4.11. The minimum atomic E-state index is -0.474. The van der Waals surface area contributed by atoms with Crippen molar-refractivity contribution in [1.82, 2.24) is 0 Å². The van der Waals surface area contributed by atoms with Gasteiger partial charge in [0, 0.05) is 5.69 Å². The summed E-state index contributed by atoms with van der Waals surface area (Å²) in [5.41, 5.74) is 0.624. The second kappa shape index (κ2) is 4.92. The molecule has 1 aliphatic carbocycles. The molecule has 0 aliphatic heterocycles. The molecule has 1 atom stereocenters. The van der Waals surface area contributed by atoms with Crippen LogP contribution < -0.4 is 5.32 Å². The highest BCUT2D eigenvalue weighted by molar-refractivity contribution is 6.31. The van der Waals surface area contributed by atoms with Crippen LogP contribution in [0.25, 0.3) is 0 Å². The number of rotatable bonds is 4. The van der Waals surface area contributed by atoms with Crippen LogP contribution in [0.2, 0.25) is 5.02 Å². The molecule has 1 unspecified atom stereocenters. The fourth-order valence-corrected chi connectivity index (χ4v) is 1.87. The van der Waals surface area contributed by atoms with E-state index in [0.29, 0.717) is 11.6 Å². The molecular formula is C12H13ClFNO2. The van der Waals surface area contributed by atoms with Crippen molar-refractivity contribution in [3.8, 4) is 0 Å².